The van der Waals surface area contributed by atoms with Crippen molar-refractivity contribution in [2.24, 2.45) is 0 Å². The van der Waals surface area contributed by atoms with E-state index in [-0.39, 0.29) is 5.54 Å². The summed E-state index contributed by atoms with van der Waals surface area (Å²) in [5.41, 5.74) is 2.04. The van der Waals surface area contributed by atoms with E-state index >= 15 is 0 Å². The van der Waals surface area contributed by atoms with Crippen molar-refractivity contribution in [2.45, 2.75) is 45.4 Å². The highest BCUT2D eigenvalue weighted by Crippen LogP contribution is 2.15. The predicted molar refractivity (Wildman–Crippen MR) is 87.0 cm³/mol. The van der Waals surface area contributed by atoms with E-state index in [1.54, 1.807) is 16.9 Å². The van der Waals surface area contributed by atoms with Gasteiger partial charge in [-0.15, -0.1) is 10.2 Å². The van der Waals surface area contributed by atoms with Gasteiger partial charge in [-0.25, -0.2) is 9.36 Å². The smallest absolute Gasteiger partial charge is 0.104 e. The van der Waals surface area contributed by atoms with Crippen molar-refractivity contribution in [1.29, 1.82) is 0 Å². The molecule has 0 spiro atoms. The second-order valence-electron chi connectivity index (χ2n) is 6.71. The van der Waals surface area contributed by atoms with Gasteiger partial charge in [0.25, 0.3) is 0 Å². The fourth-order valence-corrected chi connectivity index (χ4v) is 2.25. The van der Waals surface area contributed by atoms with Gasteiger partial charge in [-0.1, -0.05) is 16.5 Å². The number of nitrogens with zero attached hydrogens (tertiary/aromatic N) is 7. The van der Waals surface area contributed by atoms with Crippen LogP contribution < -0.4 is 0 Å². The molecule has 0 aliphatic rings. The summed E-state index contributed by atoms with van der Waals surface area (Å²) in [5, 5.41) is 26.7. The van der Waals surface area contributed by atoms with Crippen molar-refractivity contribution < 1.29 is 5.11 Å². The maximum Gasteiger partial charge on any atom is 0.104 e. The van der Waals surface area contributed by atoms with Gasteiger partial charge in [0.15, 0.2) is 0 Å². The quantitative estimate of drug-likeness (QED) is 0.760. The topological polar surface area (TPSA) is 94.5 Å². The van der Waals surface area contributed by atoms with Crippen LogP contribution in [0.1, 0.15) is 44.0 Å². The molecule has 8 nitrogen and oxygen atoms in total. The van der Waals surface area contributed by atoms with Gasteiger partial charge >= 0.3 is 0 Å². The largest absolute Gasteiger partial charge is 0.386 e. The molecule has 3 aromatic rings. The first-order valence-electron chi connectivity index (χ1n) is 7.81. The van der Waals surface area contributed by atoms with Crippen LogP contribution in [0.25, 0.3) is 0 Å². The summed E-state index contributed by atoms with van der Waals surface area (Å²) in [6.45, 7) is 6.69. The number of aliphatic hydroxyl groups is 1. The van der Waals surface area contributed by atoms with Gasteiger partial charge in [-0.05, 0) is 32.9 Å². The maximum atomic E-state index is 10.2. The van der Waals surface area contributed by atoms with E-state index in [1.807, 2.05) is 29.2 Å². The van der Waals surface area contributed by atoms with Crippen LogP contribution in [0.2, 0.25) is 0 Å². The van der Waals surface area contributed by atoms with Gasteiger partial charge in [0, 0.05) is 18.8 Å². The first kappa shape index (κ1) is 16.3. The van der Waals surface area contributed by atoms with Crippen molar-refractivity contribution in [2.75, 3.05) is 0 Å². The molecule has 24 heavy (non-hydrogen) atoms. The molecular weight excluding hydrogens is 306 g/mol. The number of rotatable bonds is 5. The Morgan fingerprint density at radius 2 is 1.88 bits per heavy atom. The summed E-state index contributed by atoms with van der Waals surface area (Å²) in [5.74, 6) is 0. The molecule has 1 N–H and O–H groups in total. The van der Waals surface area contributed by atoms with Gasteiger partial charge in [0.1, 0.15) is 11.8 Å². The average molecular weight is 327 g/mol. The first-order chi connectivity index (χ1) is 11.4. The number of hydrogen-bond acceptors (Lipinski definition) is 6. The molecule has 3 aromatic heterocycles. The molecule has 0 aromatic carbocycles. The second-order valence-corrected chi connectivity index (χ2v) is 6.71. The van der Waals surface area contributed by atoms with Gasteiger partial charge in [0.2, 0.25) is 0 Å². The minimum Gasteiger partial charge on any atom is -0.386 e. The van der Waals surface area contributed by atoms with E-state index in [9.17, 15) is 5.11 Å². The van der Waals surface area contributed by atoms with E-state index in [1.165, 1.54) is 0 Å². The molecule has 126 valence electrons. The zero-order valence-corrected chi connectivity index (χ0v) is 14.0. The minimum absolute atomic E-state index is 0.106. The average Bonchev–Trinajstić information content (AvgIpc) is 3.18. The Hall–Kier alpha value is -2.61. The molecule has 8 heteroatoms. The Balaban J connectivity index is 1.64. The molecule has 0 aliphatic carbocycles. The van der Waals surface area contributed by atoms with Crippen LogP contribution in [-0.4, -0.2) is 40.1 Å². The van der Waals surface area contributed by atoms with Crippen molar-refractivity contribution in [3.8, 4) is 0 Å². The Morgan fingerprint density at radius 3 is 2.54 bits per heavy atom. The van der Waals surface area contributed by atoms with Gasteiger partial charge < -0.3 is 5.11 Å². The van der Waals surface area contributed by atoms with E-state index < -0.39 is 6.10 Å². The number of aromatic nitrogens is 7. The van der Waals surface area contributed by atoms with Crippen LogP contribution >= 0.6 is 0 Å². The third kappa shape index (κ3) is 3.83. The lowest BCUT2D eigenvalue weighted by Crippen LogP contribution is -2.22. The standard InChI is InChI=1S/C16H21N7O/c1-16(2,3)23-11-13(19-21-23)10-22-9-12(18-20-22)8-15(24)14-6-4-5-7-17-14/h4-7,9,11,15,24H,8,10H2,1-3H3. The lowest BCUT2D eigenvalue weighted by atomic mass is 10.1. The van der Waals surface area contributed by atoms with Crippen molar-refractivity contribution >= 4 is 0 Å². The molecule has 1 unspecified atom stereocenters. The monoisotopic (exact) mass is 327 g/mol. The van der Waals surface area contributed by atoms with E-state index in [0.717, 1.165) is 5.69 Å². The summed E-state index contributed by atoms with van der Waals surface area (Å²) >= 11 is 0. The third-order valence-electron chi connectivity index (χ3n) is 3.57. The molecule has 0 aliphatic heterocycles. The molecule has 0 saturated carbocycles. The van der Waals surface area contributed by atoms with Crippen LogP contribution in [0, 0.1) is 0 Å². The Morgan fingerprint density at radius 1 is 1.08 bits per heavy atom. The lowest BCUT2D eigenvalue weighted by molar-refractivity contribution is 0.172. The molecule has 0 bridgehead atoms. The highest BCUT2D eigenvalue weighted by atomic mass is 16.3. The van der Waals surface area contributed by atoms with E-state index in [0.29, 0.717) is 24.4 Å². The van der Waals surface area contributed by atoms with E-state index in [4.69, 9.17) is 0 Å². The fraction of sp³-hybridized carbons (Fsp3) is 0.438. The summed E-state index contributed by atoms with van der Waals surface area (Å²) in [6, 6.07) is 5.46. The van der Waals surface area contributed by atoms with Crippen molar-refractivity contribution in [3.63, 3.8) is 0 Å². The maximum absolute atomic E-state index is 10.2. The fourth-order valence-electron chi connectivity index (χ4n) is 2.25. The molecular formula is C16H21N7O. The molecule has 1 atom stereocenters. The minimum atomic E-state index is -0.696. The summed E-state index contributed by atoms with van der Waals surface area (Å²) in [6.07, 6.45) is 5.05. The van der Waals surface area contributed by atoms with Gasteiger partial charge in [-0.3, -0.25) is 4.98 Å². The molecule has 0 amide bonds. The zero-order valence-electron chi connectivity index (χ0n) is 14.0. The number of aliphatic hydroxyl groups excluding tert-OH is 1. The highest BCUT2D eigenvalue weighted by Gasteiger charge is 2.16. The molecule has 3 rings (SSSR count). The van der Waals surface area contributed by atoms with Crippen molar-refractivity contribution in [3.05, 3.63) is 53.9 Å². The Bertz CT molecular complexity index is 788. The van der Waals surface area contributed by atoms with Crippen LogP contribution in [-0.2, 0) is 18.5 Å². The Labute approximate surface area is 140 Å². The SMILES string of the molecule is CC(C)(C)n1cc(Cn2cc(CC(O)c3ccccn3)nn2)nn1. The third-order valence-corrected chi connectivity index (χ3v) is 3.57. The normalized spacial score (nSPS) is 13.2. The van der Waals surface area contributed by atoms with Crippen LogP contribution in [0.15, 0.2) is 36.8 Å². The second kappa shape index (κ2) is 6.48. The van der Waals surface area contributed by atoms with Crippen LogP contribution in [0.3, 0.4) is 0 Å². The molecule has 3 heterocycles. The molecule has 0 saturated heterocycles. The number of pyridine rings is 1. The van der Waals surface area contributed by atoms with E-state index in [2.05, 4.69) is 46.4 Å². The number of hydrogen-bond donors (Lipinski definition) is 1. The van der Waals surface area contributed by atoms with Crippen LogP contribution in [0.4, 0.5) is 0 Å². The summed E-state index contributed by atoms with van der Waals surface area (Å²) < 4.78 is 3.52. The Kier molecular flexibility index (Phi) is 4.39. The lowest BCUT2D eigenvalue weighted by Gasteiger charge is -2.17. The highest BCUT2D eigenvalue weighted by molar-refractivity contribution is 5.10. The van der Waals surface area contributed by atoms with Crippen molar-refractivity contribution in [1.82, 2.24) is 35.0 Å². The van der Waals surface area contributed by atoms with Crippen LogP contribution in [0.5, 0.6) is 0 Å². The van der Waals surface area contributed by atoms with Gasteiger partial charge in [0.05, 0.1) is 29.7 Å². The predicted octanol–water partition coefficient (Wildman–Crippen LogP) is 1.34. The summed E-state index contributed by atoms with van der Waals surface area (Å²) in [4.78, 5) is 4.15. The first-order valence-corrected chi connectivity index (χ1v) is 7.81. The molecule has 0 radical (unpaired) electrons. The van der Waals surface area contributed by atoms with Gasteiger partial charge in [-0.2, -0.15) is 0 Å². The zero-order chi connectivity index (χ0) is 17.2. The molecule has 0 fully saturated rings. The summed E-state index contributed by atoms with van der Waals surface area (Å²) in [7, 11) is 0.